The van der Waals surface area contributed by atoms with Crippen LogP contribution in [0.25, 0.3) is 10.8 Å². The molecule has 24 heavy (non-hydrogen) atoms. The number of halogens is 1. The molecule has 0 radical (unpaired) electrons. The molecule has 0 aliphatic carbocycles. The number of ether oxygens (including phenoxy) is 2. The molecule has 3 rings (SSSR count). The molecule has 0 amide bonds. The molecule has 2 aromatic rings. The summed E-state index contributed by atoms with van der Waals surface area (Å²) in [5, 5.41) is 2.41. The van der Waals surface area contributed by atoms with Crippen LogP contribution in [0.3, 0.4) is 0 Å². The number of hydrogen-bond acceptors (Lipinski definition) is 3. The maximum atomic E-state index is 5.42. The van der Waals surface area contributed by atoms with E-state index < -0.39 is 0 Å². The van der Waals surface area contributed by atoms with Crippen molar-refractivity contribution in [2.24, 2.45) is 0 Å². The Kier molecular flexibility index (Phi) is 6.76. The third-order valence-corrected chi connectivity index (χ3v) is 5.04. The number of methoxy groups -OCH3 is 2. The van der Waals surface area contributed by atoms with E-state index in [0.717, 1.165) is 30.5 Å². The fourth-order valence-electron chi connectivity index (χ4n) is 3.54. The van der Waals surface area contributed by atoms with Crippen LogP contribution in [-0.4, -0.2) is 38.3 Å². The van der Waals surface area contributed by atoms with Gasteiger partial charge in [-0.25, -0.2) is 0 Å². The van der Waals surface area contributed by atoms with Crippen LogP contribution in [-0.2, 0) is 6.42 Å². The summed E-state index contributed by atoms with van der Waals surface area (Å²) in [7, 11) is 3.36. The van der Waals surface area contributed by atoms with Crippen LogP contribution >= 0.6 is 12.4 Å². The summed E-state index contributed by atoms with van der Waals surface area (Å²) in [6.07, 6.45) is 5.18. The van der Waals surface area contributed by atoms with Crippen molar-refractivity contribution >= 4 is 23.2 Å². The van der Waals surface area contributed by atoms with Gasteiger partial charge in [-0.1, -0.05) is 24.6 Å². The smallest absolute Gasteiger partial charge is 0.161 e. The van der Waals surface area contributed by atoms with E-state index in [0.29, 0.717) is 0 Å². The van der Waals surface area contributed by atoms with Crippen molar-refractivity contribution in [1.29, 1.82) is 0 Å². The van der Waals surface area contributed by atoms with Crippen LogP contribution < -0.4 is 9.47 Å². The largest absolute Gasteiger partial charge is 0.493 e. The van der Waals surface area contributed by atoms with Crippen molar-refractivity contribution in [2.45, 2.75) is 38.6 Å². The first-order valence-corrected chi connectivity index (χ1v) is 8.60. The van der Waals surface area contributed by atoms with Crippen molar-refractivity contribution < 1.29 is 9.47 Å². The monoisotopic (exact) mass is 349 g/mol. The summed E-state index contributed by atoms with van der Waals surface area (Å²) in [4.78, 5) is 2.63. The maximum Gasteiger partial charge on any atom is 0.161 e. The molecule has 1 unspecified atom stereocenters. The van der Waals surface area contributed by atoms with Gasteiger partial charge in [0.15, 0.2) is 11.5 Å². The second-order valence-electron chi connectivity index (χ2n) is 6.52. The van der Waals surface area contributed by atoms with Crippen LogP contribution in [0.4, 0.5) is 0 Å². The summed E-state index contributed by atoms with van der Waals surface area (Å²) < 4.78 is 10.8. The molecule has 4 heteroatoms. The summed E-state index contributed by atoms with van der Waals surface area (Å²) in [6, 6.07) is 11.6. The van der Waals surface area contributed by atoms with E-state index >= 15 is 0 Å². The van der Waals surface area contributed by atoms with Gasteiger partial charge in [0.2, 0.25) is 0 Å². The Morgan fingerprint density at radius 1 is 1.00 bits per heavy atom. The molecule has 0 bridgehead atoms. The topological polar surface area (TPSA) is 21.7 Å². The third-order valence-electron chi connectivity index (χ3n) is 5.04. The molecule has 2 aromatic carbocycles. The van der Waals surface area contributed by atoms with Crippen molar-refractivity contribution in [3.8, 4) is 11.5 Å². The second kappa shape index (κ2) is 8.59. The Hall–Kier alpha value is -1.45. The molecule has 0 saturated carbocycles. The molecule has 1 saturated heterocycles. The quantitative estimate of drug-likeness (QED) is 0.781. The number of likely N-dealkylation sites (tertiary alicyclic amines) is 1. The minimum atomic E-state index is 0. The van der Waals surface area contributed by atoms with Crippen LogP contribution in [0, 0.1) is 0 Å². The summed E-state index contributed by atoms with van der Waals surface area (Å²) in [5.41, 5.74) is 1.39. The Morgan fingerprint density at radius 2 is 1.71 bits per heavy atom. The van der Waals surface area contributed by atoms with E-state index in [9.17, 15) is 0 Å². The van der Waals surface area contributed by atoms with E-state index in [1.54, 1.807) is 14.2 Å². The normalized spacial score (nSPS) is 18.2. The van der Waals surface area contributed by atoms with Gasteiger partial charge in [0.05, 0.1) is 14.2 Å². The number of rotatable bonds is 5. The van der Waals surface area contributed by atoms with Gasteiger partial charge < -0.3 is 14.4 Å². The van der Waals surface area contributed by atoms with Gasteiger partial charge in [0.1, 0.15) is 0 Å². The molecular weight excluding hydrogens is 322 g/mol. The van der Waals surface area contributed by atoms with Crippen LogP contribution in [0.5, 0.6) is 11.5 Å². The van der Waals surface area contributed by atoms with Crippen LogP contribution in [0.1, 0.15) is 31.7 Å². The van der Waals surface area contributed by atoms with E-state index in [-0.39, 0.29) is 12.4 Å². The molecule has 1 fully saturated rings. The van der Waals surface area contributed by atoms with Gasteiger partial charge in [-0.3, -0.25) is 0 Å². The number of benzene rings is 2. The summed E-state index contributed by atoms with van der Waals surface area (Å²) in [6.45, 7) is 4.76. The molecule has 1 heterocycles. The lowest BCUT2D eigenvalue weighted by Gasteiger charge is -2.33. The molecule has 0 spiro atoms. The van der Waals surface area contributed by atoms with Crippen LogP contribution in [0.2, 0.25) is 0 Å². The van der Waals surface area contributed by atoms with Crippen LogP contribution in [0.15, 0.2) is 30.3 Å². The van der Waals surface area contributed by atoms with Gasteiger partial charge in [-0.2, -0.15) is 0 Å². The first kappa shape index (κ1) is 18.9. The van der Waals surface area contributed by atoms with Crippen molar-refractivity contribution in [2.75, 3.05) is 27.3 Å². The van der Waals surface area contributed by atoms with E-state index in [2.05, 4.69) is 36.1 Å². The second-order valence-corrected chi connectivity index (χ2v) is 6.52. The van der Waals surface area contributed by atoms with E-state index in [1.165, 1.54) is 42.1 Å². The Labute approximate surface area is 151 Å². The minimum Gasteiger partial charge on any atom is -0.493 e. The Balaban J connectivity index is 0.00000208. The highest BCUT2D eigenvalue weighted by Gasteiger charge is 2.17. The predicted molar refractivity (Wildman–Crippen MR) is 103 cm³/mol. The van der Waals surface area contributed by atoms with Gasteiger partial charge in [0.25, 0.3) is 0 Å². The average Bonchev–Trinajstić information content (AvgIpc) is 2.59. The fraction of sp³-hybridized carbons (Fsp3) is 0.500. The zero-order valence-corrected chi connectivity index (χ0v) is 15.7. The van der Waals surface area contributed by atoms with E-state index in [1.807, 2.05) is 6.07 Å². The highest BCUT2D eigenvalue weighted by Crippen LogP contribution is 2.32. The zero-order chi connectivity index (χ0) is 16.2. The van der Waals surface area contributed by atoms with Crippen molar-refractivity contribution in [3.05, 3.63) is 35.9 Å². The standard InChI is InChI=1S/C20H27NO2.ClH/c1-15-6-4-5-10-21(15)11-9-16-7-8-17-13-19(22-2)20(23-3)14-18(17)12-16;/h7-8,12-15H,4-6,9-11H2,1-3H3;1H. The lowest BCUT2D eigenvalue weighted by molar-refractivity contribution is 0.163. The first-order valence-electron chi connectivity index (χ1n) is 8.60. The SMILES string of the molecule is COc1cc2ccc(CCN3CCCCC3C)cc2cc1OC.Cl. The fourth-order valence-corrected chi connectivity index (χ4v) is 3.54. The maximum absolute atomic E-state index is 5.42. The highest BCUT2D eigenvalue weighted by molar-refractivity contribution is 5.86. The molecule has 0 aromatic heterocycles. The molecule has 3 nitrogen and oxygen atoms in total. The molecule has 1 aliphatic heterocycles. The van der Waals surface area contributed by atoms with E-state index in [4.69, 9.17) is 9.47 Å². The van der Waals surface area contributed by atoms with Gasteiger partial charge in [0, 0.05) is 12.6 Å². The Bertz CT molecular complexity index is 674. The molecule has 1 atom stereocenters. The number of nitrogens with zero attached hydrogens (tertiary/aromatic N) is 1. The third kappa shape index (κ3) is 4.14. The molecule has 132 valence electrons. The summed E-state index contributed by atoms with van der Waals surface area (Å²) >= 11 is 0. The predicted octanol–water partition coefficient (Wildman–Crippen LogP) is 4.70. The highest BCUT2D eigenvalue weighted by atomic mass is 35.5. The molecule has 1 aliphatic rings. The number of fused-ring (bicyclic) bond motifs is 1. The number of piperidine rings is 1. The van der Waals surface area contributed by atoms with Crippen molar-refractivity contribution in [3.63, 3.8) is 0 Å². The first-order chi connectivity index (χ1) is 11.2. The van der Waals surface area contributed by atoms with Gasteiger partial charge in [-0.15, -0.1) is 12.4 Å². The summed E-state index contributed by atoms with van der Waals surface area (Å²) in [5.74, 6) is 1.58. The minimum absolute atomic E-state index is 0. The van der Waals surface area contributed by atoms with Gasteiger partial charge >= 0.3 is 0 Å². The lowest BCUT2D eigenvalue weighted by Crippen LogP contribution is -2.38. The average molecular weight is 350 g/mol. The molecular formula is C20H28ClNO2. The number of hydrogen-bond donors (Lipinski definition) is 0. The lowest BCUT2D eigenvalue weighted by atomic mass is 10.0. The Morgan fingerprint density at radius 3 is 2.38 bits per heavy atom. The van der Waals surface area contributed by atoms with Crippen molar-refractivity contribution in [1.82, 2.24) is 4.90 Å². The zero-order valence-electron chi connectivity index (χ0n) is 14.9. The molecule has 0 N–H and O–H groups in total. The van der Waals surface area contributed by atoms with Gasteiger partial charge in [-0.05, 0) is 61.2 Å².